The minimum Gasteiger partial charge on any atom is -0.486 e. The van der Waals surface area contributed by atoms with E-state index >= 15 is 0 Å². The molecule has 1 atom stereocenters. The zero-order valence-corrected chi connectivity index (χ0v) is 17.0. The zero-order valence-electron chi connectivity index (χ0n) is 16.2. The van der Waals surface area contributed by atoms with Crippen molar-refractivity contribution in [3.05, 3.63) is 77.4 Å². The molecule has 150 valence electrons. The van der Waals surface area contributed by atoms with Crippen LogP contribution >= 0.6 is 11.8 Å². The normalized spacial score (nSPS) is 18.9. The lowest BCUT2D eigenvalue weighted by Gasteiger charge is -2.27. The number of fused-ring (bicyclic) bond motifs is 3. The molecule has 0 aromatic heterocycles. The fourth-order valence-electron chi connectivity index (χ4n) is 3.90. The van der Waals surface area contributed by atoms with Gasteiger partial charge in [-0.3, -0.25) is 0 Å². The van der Waals surface area contributed by atoms with Crippen molar-refractivity contribution >= 4 is 22.5 Å². The number of para-hydroxylation sites is 1. The summed E-state index contributed by atoms with van der Waals surface area (Å²) >= 11 is 1.74. The first kappa shape index (κ1) is 17.7. The lowest BCUT2D eigenvalue weighted by molar-refractivity contribution is 0.171. The number of hydrogen-bond acceptors (Lipinski definition) is 6. The van der Waals surface area contributed by atoms with E-state index in [1.807, 2.05) is 30.3 Å². The Morgan fingerprint density at radius 1 is 0.700 bits per heavy atom. The van der Waals surface area contributed by atoms with Crippen LogP contribution in [0.1, 0.15) is 21.9 Å². The average Bonchev–Trinajstić information content (AvgIpc) is 2.82. The number of nitrogens with zero attached hydrogens (tertiary/aromatic N) is 1. The highest BCUT2D eigenvalue weighted by Gasteiger charge is 2.28. The SMILES string of the molecule is c1ccc2c(c1)N=C(c1ccc3c(c1)OCCO3)SC2c1ccc2c(c1)OCCO2. The van der Waals surface area contributed by atoms with Crippen LogP contribution in [0.2, 0.25) is 0 Å². The smallest absolute Gasteiger partial charge is 0.162 e. The van der Waals surface area contributed by atoms with Crippen molar-refractivity contribution in [1.29, 1.82) is 0 Å². The molecule has 1 unspecified atom stereocenters. The highest BCUT2D eigenvalue weighted by atomic mass is 32.2. The third kappa shape index (κ3) is 3.08. The molecule has 30 heavy (non-hydrogen) atoms. The monoisotopic (exact) mass is 417 g/mol. The summed E-state index contributed by atoms with van der Waals surface area (Å²) in [6, 6.07) is 20.6. The molecule has 0 saturated heterocycles. The van der Waals surface area contributed by atoms with Crippen molar-refractivity contribution in [2.75, 3.05) is 26.4 Å². The molecular formula is C24H19NO4S. The van der Waals surface area contributed by atoms with E-state index < -0.39 is 0 Å². The first-order valence-electron chi connectivity index (χ1n) is 9.99. The Hall–Kier alpha value is -3.12. The molecule has 0 radical (unpaired) electrons. The lowest BCUT2D eigenvalue weighted by atomic mass is 10.0. The van der Waals surface area contributed by atoms with Crippen LogP contribution in [0.4, 0.5) is 5.69 Å². The summed E-state index contributed by atoms with van der Waals surface area (Å²) in [5.41, 5.74) is 4.38. The molecule has 6 heteroatoms. The summed E-state index contributed by atoms with van der Waals surface area (Å²) < 4.78 is 23.0. The summed E-state index contributed by atoms with van der Waals surface area (Å²) in [4.78, 5) is 4.96. The van der Waals surface area contributed by atoms with Gasteiger partial charge in [-0.15, -0.1) is 0 Å². The minimum absolute atomic E-state index is 0.109. The van der Waals surface area contributed by atoms with E-state index in [4.69, 9.17) is 23.9 Å². The van der Waals surface area contributed by atoms with Crippen LogP contribution < -0.4 is 18.9 Å². The first-order valence-corrected chi connectivity index (χ1v) is 10.9. The molecule has 0 fully saturated rings. The van der Waals surface area contributed by atoms with E-state index in [0.717, 1.165) is 39.3 Å². The Kier molecular flexibility index (Phi) is 4.30. The highest BCUT2D eigenvalue weighted by Crippen LogP contribution is 2.48. The summed E-state index contributed by atoms with van der Waals surface area (Å²) in [6.07, 6.45) is 0. The Labute approximate surface area is 178 Å². The number of benzene rings is 3. The van der Waals surface area contributed by atoms with Crippen LogP contribution in [0.15, 0.2) is 65.7 Å². The number of rotatable bonds is 2. The third-order valence-corrected chi connectivity index (χ3v) is 6.64. The second kappa shape index (κ2) is 7.29. The predicted octanol–water partition coefficient (Wildman–Crippen LogP) is 5.14. The van der Waals surface area contributed by atoms with Crippen LogP contribution in [0.3, 0.4) is 0 Å². The van der Waals surface area contributed by atoms with E-state index in [0.29, 0.717) is 26.4 Å². The molecule has 0 amide bonds. The van der Waals surface area contributed by atoms with Gasteiger partial charge in [-0.25, -0.2) is 4.99 Å². The van der Waals surface area contributed by atoms with Gasteiger partial charge in [0.1, 0.15) is 31.5 Å². The van der Waals surface area contributed by atoms with Gasteiger partial charge in [0.15, 0.2) is 23.0 Å². The molecule has 0 aliphatic carbocycles. The summed E-state index contributed by atoms with van der Waals surface area (Å²) in [5.74, 6) is 3.17. The van der Waals surface area contributed by atoms with Crippen LogP contribution in [0, 0.1) is 0 Å². The maximum atomic E-state index is 5.82. The highest BCUT2D eigenvalue weighted by molar-refractivity contribution is 8.14. The number of thioether (sulfide) groups is 1. The van der Waals surface area contributed by atoms with E-state index in [1.165, 1.54) is 11.1 Å². The van der Waals surface area contributed by atoms with Gasteiger partial charge in [0, 0.05) is 5.56 Å². The Morgan fingerprint density at radius 2 is 1.37 bits per heavy atom. The van der Waals surface area contributed by atoms with Gasteiger partial charge in [-0.2, -0.15) is 0 Å². The number of ether oxygens (including phenoxy) is 4. The van der Waals surface area contributed by atoms with E-state index in [2.05, 4.69) is 30.3 Å². The van der Waals surface area contributed by atoms with Crippen molar-refractivity contribution in [2.45, 2.75) is 5.25 Å². The van der Waals surface area contributed by atoms with Crippen LogP contribution in [-0.2, 0) is 0 Å². The molecule has 6 rings (SSSR count). The second-order valence-corrected chi connectivity index (χ2v) is 8.33. The van der Waals surface area contributed by atoms with Gasteiger partial charge in [0.2, 0.25) is 0 Å². The Bertz CT molecular complexity index is 1160. The lowest BCUT2D eigenvalue weighted by Crippen LogP contribution is -2.16. The number of hydrogen-bond donors (Lipinski definition) is 0. The summed E-state index contributed by atoms with van der Waals surface area (Å²) in [6.45, 7) is 2.32. The average molecular weight is 417 g/mol. The predicted molar refractivity (Wildman–Crippen MR) is 117 cm³/mol. The maximum absolute atomic E-state index is 5.82. The zero-order chi connectivity index (χ0) is 19.9. The standard InChI is InChI=1S/C24H19NO4S/c1-2-4-18-17(3-1)23(15-5-7-19-21(13-15)28-11-9-26-19)30-24(25-18)16-6-8-20-22(14-16)29-12-10-27-20/h1-8,13-14,23H,9-12H2. The summed E-state index contributed by atoms with van der Waals surface area (Å²) in [7, 11) is 0. The molecule has 5 nitrogen and oxygen atoms in total. The topological polar surface area (TPSA) is 49.3 Å². The molecular weight excluding hydrogens is 398 g/mol. The van der Waals surface area contributed by atoms with Gasteiger partial charge in [0.25, 0.3) is 0 Å². The molecule has 0 N–H and O–H groups in total. The van der Waals surface area contributed by atoms with Gasteiger partial charge in [0.05, 0.1) is 10.9 Å². The minimum atomic E-state index is 0.109. The first-order chi connectivity index (χ1) is 14.8. The maximum Gasteiger partial charge on any atom is 0.162 e. The van der Waals surface area contributed by atoms with E-state index in [9.17, 15) is 0 Å². The van der Waals surface area contributed by atoms with Crippen LogP contribution in [-0.4, -0.2) is 31.5 Å². The van der Waals surface area contributed by atoms with Crippen molar-refractivity contribution < 1.29 is 18.9 Å². The molecule has 0 saturated carbocycles. The van der Waals surface area contributed by atoms with Gasteiger partial charge < -0.3 is 18.9 Å². The molecule has 3 aliphatic heterocycles. The number of aliphatic imine (C=N–C) groups is 1. The molecule has 0 bridgehead atoms. The van der Waals surface area contributed by atoms with Crippen LogP contribution in [0.25, 0.3) is 0 Å². The largest absolute Gasteiger partial charge is 0.486 e. The van der Waals surface area contributed by atoms with Crippen molar-refractivity contribution in [3.63, 3.8) is 0 Å². The molecule has 3 aromatic rings. The quantitative estimate of drug-likeness (QED) is 0.578. The van der Waals surface area contributed by atoms with Gasteiger partial charge >= 0.3 is 0 Å². The van der Waals surface area contributed by atoms with Crippen molar-refractivity contribution in [3.8, 4) is 23.0 Å². The Balaban J connectivity index is 1.41. The van der Waals surface area contributed by atoms with E-state index in [-0.39, 0.29) is 5.25 Å². The van der Waals surface area contributed by atoms with E-state index in [1.54, 1.807) is 11.8 Å². The molecule has 0 spiro atoms. The Morgan fingerprint density at radius 3 is 2.17 bits per heavy atom. The van der Waals surface area contributed by atoms with Crippen molar-refractivity contribution in [1.82, 2.24) is 0 Å². The van der Waals surface area contributed by atoms with Crippen molar-refractivity contribution in [2.24, 2.45) is 4.99 Å². The van der Waals surface area contributed by atoms with Gasteiger partial charge in [-0.1, -0.05) is 36.0 Å². The fraction of sp³-hybridized carbons (Fsp3) is 0.208. The second-order valence-electron chi connectivity index (χ2n) is 7.24. The van der Waals surface area contributed by atoms with Gasteiger partial charge in [-0.05, 0) is 47.5 Å². The summed E-state index contributed by atoms with van der Waals surface area (Å²) in [5, 5.41) is 1.07. The molecule has 3 aromatic carbocycles. The fourth-order valence-corrected chi connectivity index (χ4v) is 5.15. The van der Waals surface area contributed by atoms with Crippen LogP contribution in [0.5, 0.6) is 23.0 Å². The molecule has 3 aliphatic rings. The third-order valence-electron chi connectivity index (χ3n) is 5.33. The molecule has 3 heterocycles.